The maximum atomic E-state index is 2.46. The van der Waals surface area contributed by atoms with Crippen molar-refractivity contribution in [2.24, 2.45) is 11.8 Å². The molecule has 0 aromatic heterocycles. The summed E-state index contributed by atoms with van der Waals surface area (Å²) in [6.45, 7) is 2.28. The summed E-state index contributed by atoms with van der Waals surface area (Å²) in [7, 11) is 0. The van der Waals surface area contributed by atoms with E-state index in [4.69, 9.17) is 0 Å². The topological polar surface area (TPSA) is 0 Å². The fourth-order valence-corrected chi connectivity index (χ4v) is 3.68. The molecule has 0 atom stereocenters. The van der Waals surface area contributed by atoms with E-state index in [1.807, 2.05) is 5.57 Å². The lowest BCUT2D eigenvalue weighted by Gasteiger charge is -2.32. The van der Waals surface area contributed by atoms with Crippen LogP contribution in [0.3, 0.4) is 0 Å². The lowest BCUT2D eigenvalue weighted by atomic mass is 9.74. The minimum absolute atomic E-state index is 0.965. The van der Waals surface area contributed by atoms with E-state index in [1.165, 1.54) is 64.2 Å². The van der Waals surface area contributed by atoms with Gasteiger partial charge in [0.2, 0.25) is 0 Å². The Morgan fingerprint density at radius 1 is 0.733 bits per heavy atom. The lowest BCUT2D eigenvalue weighted by molar-refractivity contribution is 0.325. The van der Waals surface area contributed by atoms with E-state index in [1.54, 1.807) is 0 Å². The second-order valence-corrected chi connectivity index (χ2v) is 5.46. The van der Waals surface area contributed by atoms with Crippen LogP contribution in [0, 0.1) is 11.8 Å². The molecule has 0 spiro atoms. The summed E-state index contributed by atoms with van der Waals surface area (Å²) in [6, 6.07) is 0. The van der Waals surface area contributed by atoms with Crippen LogP contribution in [0.4, 0.5) is 0 Å². The van der Waals surface area contributed by atoms with Crippen molar-refractivity contribution in [1.29, 1.82) is 0 Å². The standard InChI is InChI=1S/C15H26/c1-2-15(13-9-5-3-6-10-13)14-11-7-4-8-12-14/h2,13-14H,3-12H2,1H3. The smallest absolute Gasteiger partial charge is 0.0201 e. The van der Waals surface area contributed by atoms with Crippen LogP contribution in [0.5, 0.6) is 0 Å². The van der Waals surface area contributed by atoms with Gasteiger partial charge in [-0.1, -0.05) is 50.2 Å². The molecule has 86 valence electrons. The summed E-state index contributed by atoms with van der Waals surface area (Å²) in [4.78, 5) is 0. The molecule has 0 bridgehead atoms. The van der Waals surface area contributed by atoms with E-state index in [0.29, 0.717) is 0 Å². The Morgan fingerprint density at radius 3 is 1.47 bits per heavy atom. The van der Waals surface area contributed by atoms with E-state index in [2.05, 4.69) is 13.0 Å². The quantitative estimate of drug-likeness (QED) is 0.552. The van der Waals surface area contributed by atoms with Gasteiger partial charge in [0.15, 0.2) is 0 Å². The zero-order valence-electron chi connectivity index (χ0n) is 10.3. The highest BCUT2D eigenvalue weighted by atomic mass is 14.3. The van der Waals surface area contributed by atoms with E-state index in [-0.39, 0.29) is 0 Å². The van der Waals surface area contributed by atoms with E-state index >= 15 is 0 Å². The molecule has 0 aromatic rings. The molecule has 0 nitrogen and oxygen atoms in total. The Morgan fingerprint density at radius 2 is 1.13 bits per heavy atom. The first kappa shape index (κ1) is 11.2. The third kappa shape index (κ3) is 2.86. The van der Waals surface area contributed by atoms with Gasteiger partial charge in [0, 0.05) is 0 Å². The maximum absolute atomic E-state index is 2.46. The van der Waals surface area contributed by atoms with Crippen LogP contribution in [0.2, 0.25) is 0 Å². The molecule has 0 N–H and O–H groups in total. The first-order valence-electron chi connectivity index (χ1n) is 7.08. The van der Waals surface area contributed by atoms with E-state index < -0.39 is 0 Å². The summed E-state index contributed by atoms with van der Waals surface area (Å²) < 4.78 is 0. The predicted molar refractivity (Wildman–Crippen MR) is 66.9 cm³/mol. The van der Waals surface area contributed by atoms with Crippen LogP contribution in [0.25, 0.3) is 0 Å². The van der Waals surface area contributed by atoms with Crippen LogP contribution in [0.1, 0.15) is 71.1 Å². The van der Waals surface area contributed by atoms with E-state index in [9.17, 15) is 0 Å². The first-order chi connectivity index (χ1) is 7.42. The molecule has 2 fully saturated rings. The Bertz CT molecular complexity index is 182. The first-order valence-corrected chi connectivity index (χ1v) is 7.08. The molecule has 2 saturated carbocycles. The molecule has 0 heterocycles. The SMILES string of the molecule is CC=C(C1CCCCC1)C1CCCCC1. The Balaban J connectivity index is 1.95. The molecule has 0 saturated heterocycles. The van der Waals surface area contributed by atoms with E-state index in [0.717, 1.165) is 11.8 Å². The van der Waals surface area contributed by atoms with Gasteiger partial charge in [0.25, 0.3) is 0 Å². The summed E-state index contributed by atoms with van der Waals surface area (Å²) in [6.07, 6.45) is 17.3. The molecule has 0 aromatic carbocycles. The van der Waals surface area contributed by atoms with Gasteiger partial charge in [-0.05, 0) is 44.4 Å². The summed E-state index contributed by atoms with van der Waals surface area (Å²) >= 11 is 0. The molecule has 2 aliphatic rings. The van der Waals surface area contributed by atoms with Crippen molar-refractivity contribution in [3.8, 4) is 0 Å². The lowest BCUT2D eigenvalue weighted by Crippen LogP contribution is -2.18. The van der Waals surface area contributed by atoms with Crippen molar-refractivity contribution >= 4 is 0 Å². The largest absolute Gasteiger partial charge is 0.0879 e. The zero-order valence-corrected chi connectivity index (χ0v) is 10.3. The highest BCUT2D eigenvalue weighted by Gasteiger charge is 2.24. The summed E-state index contributed by atoms with van der Waals surface area (Å²) in [5, 5.41) is 0. The van der Waals surface area contributed by atoms with Crippen LogP contribution < -0.4 is 0 Å². The minimum atomic E-state index is 0.965. The number of hydrogen-bond acceptors (Lipinski definition) is 0. The molecule has 0 unspecified atom stereocenters. The average molecular weight is 206 g/mol. The normalized spacial score (nSPS) is 25.1. The van der Waals surface area contributed by atoms with Crippen molar-refractivity contribution in [2.45, 2.75) is 71.1 Å². The fraction of sp³-hybridized carbons (Fsp3) is 0.867. The average Bonchev–Trinajstić information content (AvgIpc) is 2.33. The van der Waals surface area contributed by atoms with Crippen molar-refractivity contribution in [3.63, 3.8) is 0 Å². The maximum Gasteiger partial charge on any atom is -0.0201 e. The number of rotatable bonds is 2. The Hall–Kier alpha value is -0.260. The molecule has 15 heavy (non-hydrogen) atoms. The molecule has 0 heteroatoms. The molecule has 0 amide bonds. The minimum Gasteiger partial charge on any atom is -0.0879 e. The van der Waals surface area contributed by atoms with Crippen LogP contribution in [-0.4, -0.2) is 0 Å². The van der Waals surface area contributed by atoms with Gasteiger partial charge in [0.1, 0.15) is 0 Å². The molecular formula is C15H26. The van der Waals surface area contributed by atoms with Gasteiger partial charge in [-0.3, -0.25) is 0 Å². The third-order valence-corrected chi connectivity index (χ3v) is 4.49. The zero-order chi connectivity index (χ0) is 10.5. The predicted octanol–water partition coefficient (Wildman–Crippen LogP) is 5.09. The van der Waals surface area contributed by atoms with Gasteiger partial charge < -0.3 is 0 Å². The molecule has 2 aliphatic carbocycles. The van der Waals surface area contributed by atoms with Crippen LogP contribution in [0.15, 0.2) is 11.6 Å². The highest BCUT2D eigenvalue weighted by Crippen LogP contribution is 2.39. The van der Waals surface area contributed by atoms with Crippen molar-refractivity contribution in [2.75, 3.05) is 0 Å². The van der Waals surface area contributed by atoms with Crippen molar-refractivity contribution in [3.05, 3.63) is 11.6 Å². The molecule has 2 rings (SSSR count). The number of allylic oxidation sites excluding steroid dienone is 2. The fourth-order valence-electron chi connectivity index (χ4n) is 3.68. The Kier molecular flexibility index (Phi) is 4.29. The van der Waals surface area contributed by atoms with Crippen LogP contribution >= 0.6 is 0 Å². The molecule has 0 radical (unpaired) electrons. The summed E-state index contributed by atoms with van der Waals surface area (Å²) in [5.74, 6) is 1.93. The van der Waals surface area contributed by atoms with Gasteiger partial charge in [-0.25, -0.2) is 0 Å². The molecular weight excluding hydrogens is 180 g/mol. The Labute approximate surface area is 95.1 Å². The third-order valence-electron chi connectivity index (χ3n) is 4.49. The van der Waals surface area contributed by atoms with Gasteiger partial charge >= 0.3 is 0 Å². The van der Waals surface area contributed by atoms with Gasteiger partial charge in [-0.2, -0.15) is 0 Å². The monoisotopic (exact) mass is 206 g/mol. The second kappa shape index (κ2) is 5.72. The summed E-state index contributed by atoms with van der Waals surface area (Å²) in [5.41, 5.74) is 1.84. The highest BCUT2D eigenvalue weighted by molar-refractivity contribution is 5.11. The second-order valence-electron chi connectivity index (χ2n) is 5.46. The van der Waals surface area contributed by atoms with Gasteiger partial charge in [0.05, 0.1) is 0 Å². The van der Waals surface area contributed by atoms with Crippen molar-refractivity contribution < 1.29 is 0 Å². The van der Waals surface area contributed by atoms with Crippen LogP contribution in [-0.2, 0) is 0 Å². The van der Waals surface area contributed by atoms with Crippen molar-refractivity contribution in [1.82, 2.24) is 0 Å². The van der Waals surface area contributed by atoms with Gasteiger partial charge in [-0.15, -0.1) is 0 Å². The molecule has 0 aliphatic heterocycles. The number of hydrogen-bond donors (Lipinski definition) is 0.